The zero-order valence-corrected chi connectivity index (χ0v) is 20.5. The minimum absolute atomic E-state index is 0.00963. The van der Waals surface area contributed by atoms with E-state index in [0.717, 1.165) is 48.2 Å². The van der Waals surface area contributed by atoms with Crippen molar-refractivity contribution in [1.29, 1.82) is 0 Å². The Morgan fingerprint density at radius 2 is 1.83 bits per heavy atom. The smallest absolute Gasteiger partial charge is 0.284 e. The molecule has 1 aliphatic rings. The van der Waals surface area contributed by atoms with E-state index in [-0.39, 0.29) is 23.3 Å². The van der Waals surface area contributed by atoms with Crippen molar-refractivity contribution in [2.24, 2.45) is 7.05 Å². The Labute approximate surface area is 212 Å². The zero-order chi connectivity index (χ0) is 24.8. The highest BCUT2D eigenvalue weighted by Gasteiger charge is 2.35. The Bertz CT molecular complexity index is 1620. The van der Waals surface area contributed by atoms with Gasteiger partial charge in [0.05, 0.1) is 22.6 Å². The molecule has 1 aromatic carbocycles. The summed E-state index contributed by atoms with van der Waals surface area (Å²) in [6, 6.07) is 11.3. The molecule has 0 saturated heterocycles. The van der Waals surface area contributed by atoms with Crippen LogP contribution < -0.4 is 11.3 Å². The standard InChI is InChI=1S/C26H25ClN8O/c1-33-15-16(13-30-33)20-14-29-26(28)31-22(20)18-9-5-6-10-19(18)24-32-34-12-11-21(27)23(34)25(36)35(24)17-7-3-2-4-8-17/h2-4,7-8,11-15,18-19H,5-6,9-10H2,1H3,(H2,28,29,31). The van der Waals surface area contributed by atoms with E-state index in [1.807, 2.05) is 49.8 Å². The first-order chi connectivity index (χ1) is 17.5. The largest absolute Gasteiger partial charge is 0.368 e. The molecule has 182 valence electrons. The van der Waals surface area contributed by atoms with E-state index in [1.54, 1.807) is 32.2 Å². The van der Waals surface area contributed by atoms with E-state index >= 15 is 0 Å². The predicted molar refractivity (Wildman–Crippen MR) is 138 cm³/mol. The maximum Gasteiger partial charge on any atom is 0.284 e. The highest BCUT2D eigenvalue weighted by Crippen LogP contribution is 2.45. The number of rotatable bonds is 4. The van der Waals surface area contributed by atoms with Gasteiger partial charge in [-0.25, -0.2) is 14.5 Å². The van der Waals surface area contributed by atoms with Crippen LogP contribution >= 0.6 is 11.6 Å². The van der Waals surface area contributed by atoms with Crippen LogP contribution in [0.2, 0.25) is 5.02 Å². The Kier molecular flexibility index (Phi) is 5.56. The van der Waals surface area contributed by atoms with Crippen LogP contribution in [0.4, 0.5) is 5.95 Å². The lowest BCUT2D eigenvalue weighted by Crippen LogP contribution is -2.31. The molecule has 1 fully saturated rings. The van der Waals surface area contributed by atoms with Crippen molar-refractivity contribution in [3.63, 3.8) is 0 Å². The highest BCUT2D eigenvalue weighted by atomic mass is 35.5. The van der Waals surface area contributed by atoms with Crippen molar-refractivity contribution >= 4 is 23.1 Å². The average molecular weight is 501 g/mol. The molecule has 0 bridgehead atoms. The maximum atomic E-state index is 13.8. The van der Waals surface area contributed by atoms with Gasteiger partial charge in [0.2, 0.25) is 5.95 Å². The number of anilines is 1. The summed E-state index contributed by atoms with van der Waals surface area (Å²) in [6.45, 7) is 0. The zero-order valence-electron chi connectivity index (χ0n) is 19.8. The van der Waals surface area contributed by atoms with Crippen LogP contribution in [0.5, 0.6) is 0 Å². The molecular weight excluding hydrogens is 476 g/mol. The Morgan fingerprint density at radius 3 is 2.58 bits per heavy atom. The second-order valence-corrected chi connectivity index (χ2v) is 9.63. The summed E-state index contributed by atoms with van der Waals surface area (Å²) in [5.41, 5.74) is 9.70. The summed E-state index contributed by atoms with van der Waals surface area (Å²) in [5.74, 6) is 0.833. The molecule has 36 heavy (non-hydrogen) atoms. The van der Waals surface area contributed by atoms with Crippen LogP contribution in [0, 0.1) is 0 Å². The summed E-state index contributed by atoms with van der Waals surface area (Å²) in [7, 11) is 1.88. The SMILES string of the molecule is Cn1cc(-c2cnc(N)nc2C2CCCCC2c2nn3ccc(Cl)c3c(=O)n2-c2ccccc2)cn1. The summed E-state index contributed by atoms with van der Waals surface area (Å²) in [6.07, 6.45) is 11.1. The molecule has 0 spiro atoms. The third-order valence-electron chi connectivity index (χ3n) is 6.98. The lowest BCUT2D eigenvalue weighted by atomic mass is 9.75. The van der Waals surface area contributed by atoms with Crippen molar-refractivity contribution in [3.05, 3.63) is 88.1 Å². The van der Waals surface area contributed by atoms with Crippen LogP contribution in [-0.2, 0) is 7.05 Å². The number of para-hydroxylation sites is 1. The van der Waals surface area contributed by atoms with Gasteiger partial charge in [0.15, 0.2) is 0 Å². The number of nitrogens with zero attached hydrogens (tertiary/aromatic N) is 7. The quantitative estimate of drug-likeness (QED) is 0.393. The summed E-state index contributed by atoms with van der Waals surface area (Å²) in [4.78, 5) is 22.8. The third-order valence-corrected chi connectivity index (χ3v) is 7.28. The van der Waals surface area contributed by atoms with Crippen molar-refractivity contribution in [2.45, 2.75) is 37.5 Å². The fraction of sp³-hybridized carbons (Fsp3) is 0.269. The normalized spacial score (nSPS) is 18.1. The number of hydrogen-bond acceptors (Lipinski definition) is 6. The van der Waals surface area contributed by atoms with E-state index in [0.29, 0.717) is 16.4 Å². The molecular formula is C26H25ClN8O. The third kappa shape index (κ3) is 3.76. The number of hydrogen-bond donors (Lipinski definition) is 1. The van der Waals surface area contributed by atoms with E-state index in [1.165, 1.54) is 0 Å². The summed E-state index contributed by atoms with van der Waals surface area (Å²) in [5, 5.41) is 9.68. The van der Waals surface area contributed by atoms with Gasteiger partial charge >= 0.3 is 0 Å². The maximum absolute atomic E-state index is 13.8. The van der Waals surface area contributed by atoms with Crippen LogP contribution in [0.1, 0.15) is 49.0 Å². The lowest BCUT2D eigenvalue weighted by Gasteiger charge is -2.33. The first-order valence-electron chi connectivity index (χ1n) is 12.0. The van der Waals surface area contributed by atoms with Crippen molar-refractivity contribution < 1.29 is 0 Å². The molecule has 0 radical (unpaired) electrons. The van der Waals surface area contributed by atoms with E-state index in [4.69, 9.17) is 27.4 Å². The van der Waals surface area contributed by atoms with Gasteiger partial charge in [-0.3, -0.25) is 14.0 Å². The minimum Gasteiger partial charge on any atom is -0.368 e. The number of halogens is 1. The van der Waals surface area contributed by atoms with Gasteiger partial charge in [-0.2, -0.15) is 10.2 Å². The van der Waals surface area contributed by atoms with E-state index in [9.17, 15) is 4.79 Å². The molecule has 0 aliphatic heterocycles. The molecule has 4 aromatic heterocycles. The number of fused-ring (bicyclic) bond motifs is 1. The number of aryl methyl sites for hydroxylation is 1. The van der Waals surface area contributed by atoms with Crippen LogP contribution in [-0.4, -0.2) is 33.9 Å². The Morgan fingerprint density at radius 1 is 1.06 bits per heavy atom. The number of nitrogen functional groups attached to an aromatic ring is 1. The Hall–Kier alpha value is -3.98. The lowest BCUT2D eigenvalue weighted by molar-refractivity contribution is 0.359. The van der Waals surface area contributed by atoms with Gasteiger partial charge in [0.1, 0.15) is 11.3 Å². The van der Waals surface area contributed by atoms with Crippen molar-refractivity contribution in [3.8, 4) is 16.8 Å². The molecule has 6 rings (SSSR count). The summed E-state index contributed by atoms with van der Waals surface area (Å²) < 4.78 is 5.06. The Balaban J connectivity index is 1.58. The second kappa shape index (κ2) is 8.91. The first kappa shape index (κ1) is 22.5. The highest BCUT2D eigenvalue weighted by molar-refractivity contribution is 6.33. The second-order valence-electron chi connectivity index (χ2n) is 9.22. The molecule has 10 heteroatoms. The first-order valence-corrected chi connectivity index (χ1v) is 12.4. The average Bonchev–Trinajstić information content (AvgIpc) is 3.50. The van der Waals surface area contributed by atoms with E-state index in [2.05, 4.69) is 10.1 Å². The molecule has 2 N–H and O–H groups in total. The molecule has 1 saturated carbocycles. The molecule has 9 nitrogen and oxygen atoms in total. The fourth-order valence-corrected chi connectivity index (χ4v) is 5.58. The molecule has 0 amide bonds. The van der Waals surface area contributed by atoms with Crippen LogP contribution in [0.25, 0.3) is 22.3 Å². The minimum atomic E-state index is -0.194. The molecule has 5 aromatic rings. The topological polar surface area (TPSA) is 109 Å². The molecule has 1 aliphatic carbocycles. The molecule has 4 heterocycles. The molecule has 2 atom stereocenters. The van der Waals surface area contributed by atoms with Crippen LogP contribution in [0.15, 0.2) is 66.0 Å². The van der Waals surface area contributed by atoms with Gasteiger partial charge in [0.25, 0.3) is 5.56 Å². The van der Waals surface area contributed by atoms with Gasteiger partial charge in [-0.15, -0.1) is 0 Å². The molecule has 2 unspecified atom stereocenters. The van der Waals surface area contributed by atoms with Crippen molar-refractivity contribution in [2.75, 3.05) is 5.73 Å². The monoisotopic (exact) mass is 500 g/mol. The fourth-order valence-electron chi connectivity index (χ4n) is 5.36. The van der Waals surface area contributed by atoms with Gasteiger partial charge in [-0.1, -0.05) is 42.6 Å². The predicted octanol–water partition coefficient (Wildman–Crippen LogP) is 4.35. The van der Waals surface area contributed by atoms with Gasteiger partial charge in [-0.05, 0) is 31.0 Å². The van der Waals surface area contributed by atoms with E-state index < -0.39 is 0 Å². The number of benzene rings is 1. The van der Waals surface area contributed by atoms with Crippen LogP contribution in [0.3, 0.4) is 0 Å². The summed E-state index contributed by atoms with van der Waals surface area (Å²) >= 11 is 6.40. The number of nitrogens with two attached hydrogens (primary N) is 1. The van der Waals surface area contributed by atoms with Crippen molar-refractivity contribution in [1.82, 2.24) is 33.9 Å². The van der Waals surface area contributed by atoms with Gasteiger partial charge in [0, 0.05) is 48.6 Å². The van der Waals surface area contributed by atoms with Gasteiger partial charge < -0.3 is 5.73 Å². The number of aromatic nitrogens is 7.